The van der Waals surface area contributed by atoms with Gasteiger partial charge in [-0.1, -0.05) is 0 Å². The molecule has 1 aromatic rings. The van der Waals surface area contributed by atoms with Crippen molar-refractivity contribution < 1.29 is 4.74 Å². The summed E-state index contributed by atoms with van der Waals surface area (Å²) in [6, 6.07) is 0. The standard InChI is InChI=1S/C11H18N4OS/c1-11(4-3-5-17-11)6-13-9-8(12)10(16-2)15-7-14-9/h7H,3-6,12H2,1-2H3,(H,13,14,15). The Morgan fingerprint density at radius 3 is 3.06 bits per heavy atom. The molecule has 0 saturated carbocycles. The fourth-order valence-electron chi connectivity index (χ4n) is 1.93. The molecular formula is C11H18N4OS. The van der Waals surface area contributed by atoms with Crippen LogP contribution in [-0.2, 0) is 0 Å². The maximum Gasteiger partial charge on any atom is 0.242 e. The van der Waals surface area contributed by atoms with E-state index in [9.17, 15) is 0 Å². The Labute approximate surface area is 106 Å². The first-order valence-corrected chi connectivity index (χ1v) is 6.65. The molecule has 0 aromatic carbocycles. The van der Waals surface area contributed by atoms with E-state index in [0.717, 1.165) is 6.54 Å². The Morgan fingerprint density at radius 2 is 2.41 bits per heavy atom. The third kappa shape index (κ3) is 2.74. The molecule has 2 rings (SSSR count). The van der Waals surface area contributed by atoms with E-state index in [2.05, 4.69) is 22.2 Å². The zero-order valence-electron chi connectivity index (χ0n) is 10.2. The SMILES string of the molecule is COc1ncnc(NCC2(C)CCCS2)c1N. The van der Waals surface area contributed by atoms with E-state index in [0.29, 0.717) is 17.4 Å². The summed E-state index contributed by atoms with van der Waals surface area (Å²) in [4.78, 5) is 8.09. The highest BCUT2D eigenvalue weighted by molar-refractivity contribution is 8.00. The van der Waals surface area contributed by atoms with E-state index in [-0.39, 0.29) is 4.75 Å². The average molecular weight is 254 g/mol. The molecule has 5 nitrogen and oxygen atoms in total. The molecule has 0 spiro atoms. The van der Waals surface area contributed by atoms with Crippen molar-refractivity contribution in [2.45, 2.75) is 24.5 Å². The second-order valence-corrected chi connectivity index (χ2v) is 6.08. The first-order valence-electron chi connectivity index (χ1n) is 5.67. The van der Waals surface area contributed by atoms with Crippen LogP contribution in [0.15, 0.2) is 6.33 Å². The Kier molecular flexibility index (Phi) is 3.61. The van der Waals surface area contributed by atoms with Gasteiger partial charge in [0.1, 0.15) is 12.0 Å². The van der Waals surface area contributed by atoms with Gasteiger partial charge in [0.2, 0.25) is 5.88 Å². The first kappa shape index (κ1) is 12.3. The van der Waals surface area contributed by atoms with Crippen molar-refractivity contribution in [3.8, 4) is 5.88 Å². The van der Waals surface area contributed by atoms with Gasteiger partial charge in [-0.15, -0.1) is 0 Å². The number of nitrogen functional groups attached to an aromatic ring is 1. The molecule has 1 saturated heterocycles. The molecule has 94 valence electrons. The highest BCUT2D eigenvalue weighted by atomic mass is 32.2. The average Bonchev–Trinajstić information content (AvgIpc) is 2.75. The molecule has 3 N–H and O–H groups in total. The Balaban J connectivity index is 2.03. The van der Waals surface area contributed by atoms with Crippen LogP contribution < -0.4 is 15.8 Å². The van der Waals surface area contributed by atoms with Gasteiger partial charge in [0.25, 0.3) is 0 Å². The van der Waals surface area contributed by atoms with E-state index >= 15 is 0 Å². The maximum absolute atomic E-state index is 5.90. The van der Waals surface area contributed by atoms with Crippen molar-refractivity contribution in [3.63, 3.8) is 0 Å². The van der Waals surface area contributed by atoms with Crippen molar-refractivity contribution in [2.24, 2.45) is 0 Å². The maximum atomic E-state index is 5.90. The van der Waals surface area contributed by atoms with E-state index in [1.165, 1.54) is 24.9 Å². The predicted molar refractivity (Wildman–Crippen MR) is 71.6 cm³/mol. The molecule has 17 heavy (non-hydrogen) atoms. The summed E-state index contributed by atoms with van der Waals surface area (Å²) in [6.45, 7) is 3.13. The summed E-state index contributed by atoms with van der Waals surface area (Å²) >= 11 is 2.00. The van der Waals surface area contributed by atoms with Crippen LogP contribution in [0.2, 0.25) is 0 Å². The lowest BCUT2D eigenvalue weighted by Gasteiger charge is -2.23. The van der Waals surface area contributed by atoms with Gasteiger partial charge in [-0.05, 0) is 25.5 Å². The van der Waals surface area contributed by atoms with Gasteiger partial charge in [-0.2, -0.15) is 16.7 Å². The normalized spacial score (nSPS) is 23.6. The summed E-state index contributed by atoms with van der Waals surface area (Å²) < 4.78 is 5.34. The molecule has 0 aliphatic carbocycles. The third-order valence-corrected chi connectivity index (χ3v) is 4.51. The second-order valence-electron chi connectivity index (χ2n) is 4.40. The van der Waals surface area contributed by atoms with Crippen LogP contribution in [0.1, 0.15) is 19.8 Å². The summed E-state index contributed by atoms with van der Waals surface area (Å²) in [5.74, 6) is 2.32. The molecule has 1 aliphatic rings. The van der Waals surface area contributed by atoms with Crippen LogP contribution in [0, 0.1) is 0 Å². The fraction of sp³-hybridized carbons (Fsp3) is 0.636. The third-order valence-electron chi connectivity index (χ3n) is 2.97. The van der Waals surface area contributed by atoms with E-state index < -0.39 is 0 Å². The van der Waals surface area contributed by atoms with Crippen molar-refractivity contribution in [1.82, 2.24) is 9.97 Å². The Morgan fingerprint density at radius 1 is 1.59 bits per heavy atom. The van der Waals surface area contributed by atoms with Gasteiger partial charge in [0, 0.05) is 11.3 Å². The fourth-order valence-corrected chi connectivity index (χ4v) is 3.17. The molecule has 6 heteroatoms. The molecule has 1 unspecified atom stereocenters. The lowest BCUT2D eigenvalue weighted by Crippen LogP contribution is -2.27. The number of hydrogen-bond acceptors (Lipinski definition) is 6. The Hall–Kier alpha value is -1.17. The molecule has 1 atom stereocenters. The molecule has 2 heterocycles. The van der Waals surface area contributed by atoms with Gasteiger partial charge in [0.15, 0.2) is 5.82 Å². The molecular weight excluding hydrogens is 236 g/mol. The number of ether oxygens (including phenoxy) is 1. The number of nitrogens with one attached hydrogen (secondary N) is 1. The lowest BCUT2D eigenvalue weighted by molar-refractivity contribution is 0.399. The zero-order chi connectivity index (χ0) is 12.3. The van der Waals surface area contributed by atoms with E-state index in [4.69, 9.17) is 10.5 Å². The molecule has 0 radical (unpaired) electrons. The number of thioether (sulfide) groups is 1. The van der Waals surface area contributed by atoms with Crippen LogP contribution in [0.3, 0.4) is 0 Å². The smallest absolute Gasteiger partial charge is 0.242 e. The number of nitrogens with two attached hydrogens (primary N) is 1. The minimum atomic E-state index is 0.282. The monoisotopic (exact) mass is 254 g/mol. The highest BCUT2D eigenvalue weighted by Gasteiger charge is 2.29. The van der Waals surface area contributed by atoms with Gasteiger partial charge in [-0.25, -0.2) is 4.98 Å². The van der Waals surface area contributed by atoms with E-state index in [1.807, 2.05) is 11.8 Å². The molecule has 1 fully saturated rings. The number of aromatic nitrogens is 2. The number of rotatable bonds is 4. The number of hydrogen-bond donors (Lipinski definition) is 2. The van der Waals surface area contributed by atoms with Gasteiger partial charge < -0.3 is 15.8 Å². The number of nitrogens with zero attached hydrogens (tertiary/aromatic N) is 2. The highest BCUT2D eigenvalue weighted by Crippen LogP contribution is 2.38. The topological polar surface area (TPSA) is 73.1 Å². The summed E-state index contributed by atoms with van der Waals surface area (Å²) in [6.07, 6.45) is 3.97. The van der Waals surface area contributed by atoms with Crippen molar-refractivity contribution in [2.75, 3.05) is 30.5 Å². The minimum Gasteiger partial charge on any atom is -0.479 e. The predicted octanol–water partition coefficient (Wildman–Crippen LogP) is 1.76. The van der Waals surface area contributed by atoms with Crippen LogP contribution in [-0.4, -0.2) is 34.1 Å². The summed E-state index contributed by atoms with van der Waals surface area (Å²) in [5.41, 5.74) is 6.38. The molecule has 0 bridgehead atoms. The lowest BCUT2D eigenvalue weighted by atomic mass is 10.1. The first-order chi connectivity index (χ1) is 8.14. The summed E-state index contributed by atoms with van der Waals surface area (Å²) in [7, 11) is 1.55. The van der Waals surface area contributed by atoms with Crippen LogP contribution in [0.25, 0.3) is 0 Å². The minimum absolute atomic E-state index is 0.282. The van der Waals surface area contributed by atoms with Crippen LogP contribution in [0.4, 0.5) is 11.5 Å². The van der Waals surface area contributed by atoms with Crippen molar-refractivity contribution in [3.05, 3.63) is 6.33 Å². The van der Waals surface area contributed by atoms with Crippen LogP contribution >= 0.6 is 11.8 Å². The summed E-state index contributed by atoms with van der Waals surface area (Å²) in [5, 5.41) is 3.29. The van der Waals surface area contributed by atoms with E-state index in [1.54, 1.807) is 7.11 Å². The Bertz CT molecular complexity index is 393. The molecule has 1 aliphatic heterocycles. The zero-order valence-corrected chi connectivity index (χ0v) is 11.0. The van der Waals surface area contributed by atoms with Gasteiger partial charge in [0.05, 0.1) is 7.11 Å². The largest absolute Gasteiger partial charge is 0.479 e. The van der Waals surface area contributed by atoms with Crippen molar-refractivity contribution in [1.29, 1.82) is 0 Å². The van der Waals surface area contributed by atoms with Gasteiger partial charge >= 0.3 is 0 Å². The number of methoxy groups -OCH3 is 1. The van der Waals surface area contributed by atoms with Gasteiger partial charge in [-0.3, -0.25) is 0 Å². The molecule has 1 aromatic heterocycles. The van der Waals surface area contributed by atoms with Crippen LogP contribution in [0.5, 0.6) is 5.88 Å². The quantitative estimate of drug-likeness (QED) is 0.853. The molecule has 0 amide bonds. The van der Waals surface area contributed by atoms with Crippen molar-refractivity contribution >= 4 is 23.3 Å². The second kappa shape index (κ2) is 5.00. The number of anilines is 2.